The molecule has 1 amide bonds. The third-order valence-corrected chi connectivity index (χ3v) is 3.67. The van der Waals surface area contributed by atoms with Crippen molar-refractivity contribution in [3.63, 3.8) is 0 Å². The molecule has 0 spiro atoms. The lowest BCUT2D eigenvalue weighted by atomic mass is 10.1. The van der Waals surface area contributed by atoms with E-state index in [1.54, 1.807) is 19.1 Å². The van der Waals surface area contributed by atoms with Crippen molar-refractivity contribution in [3.8, 4) is 0 Å². The van der Waals surface area contributed by atoms with Crippen LogP contribution in [0.3, 0.4) is 0 Å². The van der Waals surface area contributed by atoms with E-state index in [9.17, 15) is 18.0 Å². The quantitative estimate of drug-likeness (QED) is 0.772. The largest absolute Gasteiger partial charge is 0.326 e. The van der Waals surface area contributed by atoms with Crippen molar-refractivity contribution in [1.29, 1.82) is 0 Å². The van der Waals surface area contributed by atoms with Gasteiger partial charge in [-0.1, -0.05) is 19.1 Å². The summed E-state index contributed by atoms with van der Waals surface area (Å²) in [7, 11) is 0. The molecule has 0 heterocycles. The molecule has 0 saturated carbocycles. The van der Waals surface area contributed by atoms with E-state index in [4.69, 9.17) is 0 Å². The molecule has 0 bridgehead atoms. The maximum absolute atomic E-state index is 13.2. The molecule has 128 valence electrons. The van der Waals surface area contributed by atoms with Gasteiger partial charge in [0.2, 0.25) is 5.91 Å². The van der Waals surface area contributed by atoms with Gasteiger partial charge in [0.25, 0.3) is 0 Å². The summed E-state index contributed by atoms with van der Waals surface area (Å²) in [6.45, 7) is 3.87. The van der Waals surface area contributed by atoms with E-state index >= 15 is 0 Å². The van der Waals surface area contributed by atoms with Crippen molar-refractivity contribution in [2.24, 2.45) is 0 Å². The van der Waals surface area contributed by atoms with E-state index in [0.29, 0.717) is 17.7 Å². The molecular weight excluding hydrogens is 317 g/mol. The van der Waals surface area contributed by atoms with E-state index in [-0.39, 0.29) is 18.5 Å². The summed E-state index contributed by atoms with van der Waals surface area (Å²) in [5, 5.41) is 5.87. The van der Waals surface area contributed by atoms with Gasteiger partial charge in [-0.3, -0.25) is 4.79 Å². The molecule has 0 saturated heterocycles. The topological polar surface area (TPSA) is 41.1 Å². The van der Waals surface area contributed by atoms with E-state index in [1.807, 2.05) is 19.1 Å². The zero-order valence-corrected chi connectivity index (χ0v) is 13.5. The lowest BCUT2D eigenvalue weighted by molar-refractivity contribution is -0.115. The molecule has 0 aliphatic carbocycles. The predicted octanol–water partition coefficient (Wildman–Crippen LogP) is 4.30. The average molecular weight is 336 g/mol. The summed E-state index contributed by atoms with van der Waals surface area (Å²) < 4.78 is 39.3. The fourth-order valence-electron chi connectivity index (χ4n) is 2.20. The van der Waals surface area contributed by atoms with Crippen molar-refractivity contribution in [1.82, 2.24) is 5.32 Å². The Labute approximate surface area is 138 Å². The van der Waals surface area contributed by atoms with E-state index in [2.05, 4.69) is 10.6 Å². The fourth-order valence-corrected chi connectivity index (χ4v) is 2.20. The minimum absolute atomic E-state index is 0.0608. The van der Waals surface area contributed by atoms with Gasteiger partial charge in [0, 0.05) is 24.7 Å². The van der Waals surface area contributed by atoms with E-state index < -0.39 is 17.5 Å². The molecule has 0 fully saturated rings. The summed E-state index contributed by atoms with van der Waals surface area (Å²) in [6.07, 6.45) is 0.407. The molecule has 0 radical (unpaired) electrons. The Hall–Kier alpha value is -2.34. The SMILES string of the molecule is CCC(=O)Nc1ccc([C@@H](C)NCc2cc(F)c(F)c(F)c2)cc1. The van der Waals surface area contributed by atoms with Crippen LogP contribution < -0.4 is 10.6 Å². The van der Waals surface area contributed by atoms with Crippen LogP contribution in [0, 0.1) is 17.5 Å². The summed E-state index contributed by atoms with van der Waals surface area (Å²) in [4.78, 5) is 11.3. The molecular formula is C18H19F3N2O. The van der Waals surface area contributed by atoms with Gasteiger partial charge >= 0.3 is 0 Å². The van der Waals surface area contributed by atoms with Crippen molar-refractivity contribution in [2.45, 2.75) is 32.9 Å². The van der Waals surface area contributed by atoms with Crippen LogP contribution in [-0.4, -0.2) is 5.91 Å². The highest BCUT2D eigenvalue weighted by Gasteiger charge is 2.11. The van der Waals surface area contributed by atoms with Crippen LogP contribution in [0.15, 0.2) is 36.4 Å². The second-order valence-electron chi connectivity index (χ2n) is 5.50. The number of amides is 1. The van der Waals surface area contributed by atoms with Gasteiger partial charge in [0.15, 0.2) is 17.5 Å². The molecule has 0 aromatic heterocycles. The highest BCUT2D eigenvalue weighted by molar-refractivity contribution is 5.90. The zero-order chi connectivity index (χ0) is 17.7. The standard InChI is InChI=1S/C18H19F3N2O/c1-3-17(24)23-14-6-4-13(5-7-14)11(2)22-10-12-8-15(19)18(21)16(20)9-12/h4-9,11,22H,3,10H2,1-2H3,(H,23,24)/t11-/m1/s1. The van der Waals surface area contributed by atoms with Crippen LogP contribution in [0.4, 0.5) is 18.9 Å². The van der Waals surface area contributed by atoms with Gasteiger partial charge in [-0.2, -0.15) is 0 Å². The molecule has 3 nitrogen and oxygen atoms in total. The van der Waals surface area contributed by atoms with Crippen LogP contribution in [0.1, 0.15) is 37.4 Å². The van der Waals surface area contributed by atoms with Crippen molar-refractivity contribution in [2.75, 3.05) is 5.32 Å². The summed E-state index contributed by atoms with van der Waals surface area (Å²) >= 11 is 0. The second kappa shape index (κ2) is 7.97. The Morgan fingerprint density at radius 2 is 1.67 bits per heavy atom. The maximum Gasteiger partial charge on any atom is 0.224 e. The smallest absolute Gasteiger partial charge is 0.224 e. The number of carbonyl (C=O) groups is 1. The number of halogens is 3. The fraction of sp³-hybridized carbons (Fsp3) is 0.278. The number of rotatable bonds is 6. The van der Waals surface area contributed by atoms with Gasteiger partial charge < -0.3 is 10.6 Å². The molecule has 2 aromatic rings. The highest BCUT2D eigenvalue weighted by atomic mass is 19.2. The van der Waals surface area contributed by atoms with Crippen molar-refractivity contribution >= 4 is 11.6 Å². The van der Waals surface area contributed by atoms with E-state index in [0.717, 1.165) is 17.7 Å². The predicted molar refractivity (Wildman–Crippen MR) is 86.9 cm³/mol. The van der Waals surface area contributed by atoms with Crippen LogP contribution in [-0.2, 0) is 11.3 Å². The summed E-state index contributed by atoms with van der Waals surface area (Å²) in [5.41, 5.74) is 1.98. The first-order valence-corrected chi connectivity index (χ1v) is 7.67. The molecule has 2 N–H and O–H groups in total. The molecule has 2 rings (SSSR count). The second-order valence-corrected chi connectivity index (χ2v) is 5.50. The molecule has 0 unspecified atom stereocenters. The van der Waals surface area contributed by atoms with Gasteiger partial charge in [0.1, 0.15) is 0 Å². The molecule has 24 heavy (non-hydrogen) atoms. The molecule has 1 atom stereocenters. The number of hydrogen-bond acceptors (Lipinski definition) is 2. The molecule has 0 aliphatic rings. The van der Waals surface area contributed by atoms with Crippen LogP contribution in [0.25, 0.3) is 0 Å². The lowest BCUT2D eigenvalue weighted by Crippen LogP contribution is -2.18. The Morgan fingerprint density at radius 3 is 2.21 bits per heavy atom. The monoisotopic (exact) mass is 336 g/mol. The molecule has 2 aromatic carbocycles. The third-order valence-electron chi connectivity index (χ3n) is 3.67. The number of benzene rings is 2. The van der Waals surface area contributed by atoms with Crippen LogP contribution in [0.5, 0.6) is 0 Å². The Balaban J connectivity index is 1.97. The minimum Gasteiger partial charge on any atom is -0.326 e. The lowest BCUT2D eigenvalue weighted by Gasteiger charge is -2.15. The Bertz CT molecular complexity index is 694. The average Bonchev–Trinajstić information content (AvgIpc) is 2.57. The summed E-state index contributed by atoms with van der Waals surface area (Å²) in [5.74, 6) is -3.92. The third kappa shape index (κ3) is 4.58. The van der Waals surface area contributed by atoms with Crippen molar-refractivity contribution in [3.05, 3.63) is 65.0 Å². The zero-order valence-electron chi connectivity index (χ0n) is 13.5. The number of nitrogens with one attached hydrogen (secondary N) is 2. The van der Waals surface area contributed by atoms with Crippen LogP contribution >= 0.6 is 0 Å². The van der Waals surface area contributed by atoms with Gasteiger partial charge in [-0.25, -0.2) is 13.2 Å². The van der Waals surface area contributed by atoms with E-state index in [1.165, 1.54) is 0 Å². The number of carbonyl (C=O) groups excluding carboxylic acids is 1. The first-order chi connectivity index (χ1) is 11.4. The normalized spacial score (nSPS) is 12.0. The number of anilines is 1. The first kappa shape index (κ1) is 18.0. The first-order valence-electron chi connectivity index (χ1n) is 7.67. The van der Waals surface area contributed by atoms with Crippen LogP contribution in [0.2, 0.25) is 0 Å². The number of hydrogen-bond donors (Lipinski definition) is 2. The van der Waals surface area contributed by atoms with Gasteiger partial charge in [0.05, 0.1) is 0 Å². The van der Waals surface area contributed by atoms with Gasteiger partial charge in [-0.05, 0) is 42.3 Å². The highest BCUT2D eigenvalue weighted by Crippen LogP contribution is 2.18. The van der Waals surface area contributed by atoms with Crippen molar-refractivity contribution < 1.29 is 18.0 Å². The Morgan fingerprint density at radius 1 is 1.08 bits per heavy atom. The molecule has 0 aliphatic heterocycles. The summed E-state index contributed by atoms with van der Waals surface area (Å²) in [6, 6.07) is 9.15. The van der Waals surface area contributed by atoms with Gasteiger partial charge in [-0.15, -0.1) is 0 Å². The minimum atomic E-state index is -1.46. The molecule has 6 heteroatoms. The maximum atomic E-state index is 13.2. The Kier molecular flexibility index (Phi) is 5.98.